The van der Waals surface area contributed by atoms with E-state index >= 15 is 0 Å². The fourth-order valence-electron chi connectivity index (χ4n) is 2.57. The molecule has 0 aliphatic rings. The molecule has 152 valence electrons. The van der Waals surface area contributed by atoms with Crippen molar-refractivity contribution in [3.8, 4) is 22.3 Å². The molecular formula is C26H18U2V2Y2-6. The summed E-state index contributed by atoms with van der Waals surface area (Å²) in [5.74, 6) is 0. The standard InChI is InChI=1S/2C13H9.2U.2V.2Y/c2*1-11-7-5-6-10-13(11)12-8-3-2-4-9-12;;;;;;/h2*2-7H,1H3;;;;;;/q2*-3;;;;;;. The van der Waals surface area contributed by atoms with Gasteiger partial charge in [-0.3, -0.25) is 0 Å². The number of rotatable bonds is 2. The molecule has 0 heterocycles. The Hall–Kier alpha value is 2.36. The van der Waals surface area contributed by atoms with Crippen LogP contribution in [0.5, 0.6) is 0 Å². The molecule has 4 radical (unpaired) electrons. The Labute approximate surface area is 315 Å². The first-order valence-corrected chi connectivity index (χ1v) is 8.48. The number of hydrogen-bond acceptors (Lipinski definition) is 0. The van der Waals surface area contributed by atoms with Crippen molar-refractivity contribution in [2.24, 2.45) is 0 Å². The monoisotopic (exact) mass is 1090 g/mol. The zero-order chi connectivity index (χ0) is 18.2. The van der Waals surface area contributed by atoms with Crippen LogP contribution in [0.15, 0.2) is 72.8 Å². The Kier molecular flexibility index (Phi) is 30.8. The molecule has 0 spiro atoms. The van der Waals surface area contributed by atoms with Crippen LogP contribution in [0.4, 0.5) is 0 Å². The van der Waals surface area contributed by atoms with E-state index in [9.17, 15) is 0 Å². The van der Waals surface area contributed by atoms with Gasteiger partial charge in [-0.1, -0.05) is 13.8 Å². The summed E-state index contributed by atoms with van der Waals surface area (Å²) >= 11 is 0. The largest absolute Gasteiger partial charge is 0.370 e. The third-order valence-corrected chi connectivity index (χ3v) is 3.92. The predicted molar refractivity (Wildman–Crippen MR) is 106 cm³/mol. The third-order valence-electron chi connectivity index (χ3n) is 3.92. The van der Waals surface area contributed by atoms with Gasteiger partial charge in [0.1, 0.15) is 0 Å². The second-order valence-corrected chi connectivity index (χ2v) is 5.84. The molecular weight excluding hydrogens is 1070 g/mol. The van der Waals surface area contributed by atoms with Crippen LogP contribution >= 0.6 is 0 Å². The second kappa shape index (κ2) is 23.7. The summed E-state index contributed by atoms with van der Waals surface area (Å²) in [4.78, 5) is 0. The molecule has 32 heavy (non-hydrogen) atoms. The van der Waals surface area contributed by atoms with Gasteiger partial charge in [0.25, 0.3) is 0 Å². The van der Waals surface area contributed by atoms with E-state index in [1.165, 1.54) is 11.1 Å². The minimum Gasteiger partial charge on any atom is -0.370 e. The van der Waals surface area contributed by atoms with Gasteiger partial charge in [-0.15, -0.1) is 12.1 Å². The molecule has 0 N–H and O–H groups in total. The number of benzene rings is 4. The maximum Gasteiger partial charge on any atom is 0 e. The van der Waals surface area contributed by atoms with E-state index in [1.807, 2.05) is 60.7 Å². The van der Waals surface area contributed by atoms with E-state index in [-0.39, 0.29) is 165 Å². The Morgan fingerprint density at radius 3 is 1.03 bits per heavy atom. The molecule has 0 nitrogen and oxygen atoms in total. The fourth-order valence-corrected chi connectivity index (χ4v) is 2.57. The van der Waals surface area contributed by atoms with Crippen molar-refractivity contribution >= 4 is 0 Å². The quantitative estimate of drug-likeness (QED) is 0.213. The van der Waals surface area contributed by atoms with Gasteiger partial charge in [0.15, 0.2) is 0 Å². The van der Waals surface area contributed by atoms with E-state index in [2.05, 4.69) is 62.4 Å². The SMILES string of the molecule is Cc1ccc[c-]c1-c1[c-]ccc[c-]1.Cc1ccc[c-]c1-c1[c-]ccc[c-]1.[U].[U].[V].[V].[Y].[Y]. The van der Waals surface area contributed by atoms with Gasteiger partial charge in [-0.05, 0) is 0 Å². The normalized spacial score (nSPS) is 8.06. The van der Waals surface area contributed by atoms with Gasteiger partial charge >= 0.3 is 0 Å². The van der Waals surface area contributed by atoms with Gasteiger partial charge in [0, 0.05) is 165 Å². The van der Waals surface area contributed by atoms with Gasteiger partial charge in [0.2, 0.25) is 0 Å². The second-order valence-electron chi connectivity index (χ2n) is 5.84. The Bertz CT molecular complexity index is 888. The summed E-state index contributed by atoms with van der Waals surface area (Å²) in [7, 11) is 0. The van der Waals surface area contributed by atoms with Crippen LogP contribution in [0.25, 0.3) is 22.3 Å². The molecule has 0 saturated heterocycles. The van der Waals surface area contributed by atoms with E-state index in [0.717, 1.165) is 22.3 Å². The Morgan fingerprint density at radius 2 is 0.750 bits per heavy atom. The first-order chi connectivity index (χ1) is 12.8. The maximum absolute atomic E-state index is 3.19. The van der Waals surface area contributed by atoms with Gasteiger partial charge in [-0.2, -0.15) is 24.3 Å². The molecule has 4 rings (SSSR count). The van der Waals surface area contributed by atoms with Crippen molar-refractivity contribution < 1.29 is 165 Å². The molecule has 4 aromatic rings. The number of hydrogen-bond donors (Lipinski definition) is 0. The van der Waals surface area contributed by atoms with Crippen LogP contribution in [-0.4, -0.2) is 0 Å². The van der Waals surface area contributed by atoms with Crippen LogP contribution < -0.4 is 0 Å². The van der Waals surface area contributed by atoms with Crippen molar-refractivity contribution in [2.45, 2.75) is 13.8 Å². The van der Waals surface area contributed by atoms with Crippen molar-refractivity contribution in [3.05, 3.63) is 120 Å². The summed E-state index contributed by atoms with van der Waals surface area (Å²) in [6.07, 6.45) is 0. The maximum atomic E-state index is 3.19. The van der Waals surface area contributed by atoms with E-state index in [1.54, 1.807) is 0 Å². The van der Waals surface area contributed by atoms with E-state index in [4.69, 9.17) is 0 Å². The number of aryl methyl sites for hydroxylation is 2. The molecule has 0 aliphatic heterocycles. The predicted octanol–water partition coefficient (Wildman–Crippen LogP) is 6.12. The minimum absolute atomic E-state index is 0. The summed E-state index contributed by atoms with van der Waals surface area (Å²) < 4.78 is 0. The van der Waals surface area contributed by atoms with E-state index < -0.39 is 0 Å². The van der Waals surface area contributed by atoms with Crippen molar-refractivity contribution in [3.63, 3.8) is 0 Å². The topological polar surface area (TPSA) is 0 Å². The molecule has 0 saturated carbocycles. The molecule has 6 heteroatoms. The van der Waals surface area contributed by atoms with Gasteiger partial charge in [-0.25, -0.2) is 59.7 Å². The molecule has 4 aromatic carbocycles. The molecule has 0 fully saturated rings. The van der Waals surface area contributed by atoms with Crippen LogP contribution in [0.3, 0.4) is 0 Å². The summed E-state index contributed by atoms with van der Waals surface area (Å²) in [6, 6.07) is 42.3. The van der Waals surface area contributed by atoms with Crippen LogP contribution in [-0.2, 0) is 103 Å². The van der Waals surface area contributed by atoms with Gasteiger partial charge in [0.05, 0.1) is 0 Å². The summed E-state index contributed by atoms with van der Waals surface area (Å²) in [6.45, 7) is 4.14. The molecule has 0 atom stereocenters. The third kappa shape index (κ3) is 13.6. The molecule has 0 amide bonds. The van der Waals surface area contributed by atoms with Crippen molar-refractivity contribution in [1.29, 1.82) is 0 Å². The van der Waals surface area contributed by atoms with Crippen LogP contribution in [0.2, 0.25) is 0 Å². The van der Waals surface area contributed by atoms with Gasteiger partial charge < -0.3 is 46.5 Å². The molecule has 0 unspecified atom stereocenters. The average Bonchev–Trinajstić information content (AvgIpc) is 2.71. The first-order valence-electron chi connectivity index (χ1n) is 8.48. The molecule has 0 aromatic heterocycles. The first kappa shape index (κ1) is 41.5. The zero-order valence-electron chi connectivity index (χ0n) is 18.0. The summed E-state index contributed by atoms with van der Waals surface area (Å²) in [5, 5.41) is 0. The Morgan fingerprint density at radius 1 is 0.469 bits per heavy atom. The Balaban J connectivity index is -0.000000206. The fraction of sp³-hybridized carbons (Fsp3) is 0.0769. The van der Waals surface area contributed by atoms with Crippen molar-refractivity contribution in [2.75, 3.05) is 0 Å². The summed E-state index contributed by atoms with van der Waals surface area (Å²) in [5.41, 5.74) is 6.56. The average molecular weight is 1090 g/mol. The molecule has 0 aliphatic carbocycles. The minimum atomic E-state index is 0. The zero-order valence-corrected chi connectivity index (χ0v) is 34.8. The van der Waals surface area contributed by atoms with Crippen LogP contribution in [0.1, 0.15) is 11.1 Å². The molecule has 0 bridgehead atoms. The van der Waals surface area contributed by atoms with Crippen molar-refractivity contribution in [1.82, 2.24) is 0 Å². The van der Waals surface area contributed by atoms with E-state index in [0.29, 0.717) is 0 Å². The smallest absolute Gasteiger partial charge is 0 e. The van der Waals surface area contributed by atoms with Crippen LogP contribution in [0, 0.1) is 112 Å².